The maximum absolute atomic E-state index is 12.4. The number of hydrogen-bond donors (Lipinski definition) is 2. The van der Waals surface area contributed by atoms with Crippen LogP contribution in [-0.4, -0.2) is 55.5 Å². The van der Waals surface area contributed by atoms with Crippen LogP contribution in [0.15, 0.2) is 18.2 Å². The number of nitrogens with zero attached hydrogens (tertiary/aromatic N) is 2. The van der Waals surface area contributed by atoms with Gasteiger partial charge in [0, 0.05) is 24.8 Å². The molecule has 7 nitrogen and oxygen atoms in total. The lowest BCUT2D eigenvalue weighted by Gasteiger charge is -2.31. The molecule has 2 N–H and O–H groups in total. The molecule has 2 aromatic rings. The van der Waals surface area contributed by atoms with Gasteiger partial charge in [0.2, 0.25) is 10.0 Å². The van der Waals surface area contributed by atoms with E-state index in [9.17, 15) is 8.42 Å². The first-order valence-electron chi connectivity index (χ1n) is 10.6. The minimum atomic E-state index is -3.30. The van der Waals surface area contributed by atoms with Gasteiger partial charge in [-0.15, -0.1) is 0 Å². The standard InChI is InChI=1S/C21H32N4O3S/c1-21(2,3)29(26,27)24-16-6-4-15(5-7-16)18-14-19-17(22-18)8-9-20(23-19)25-10-12-28-13-11-25/h8-9,14-16,22,24H,4-7,10-13H2,1-3H3. The highest BCUT2D eigenvalue weighted by molar-refractivity contribution is 7.90. The van der Waals surface area contributed by atoms with Crippen LogP contribution in [0.3, 0.4) is 0 Å². The molecule has 1 saturated carbocycles. The molecule has 0 unspecified atom stereocenters. The van der Waals surface area contributed by atoms with E-state index in [1.807, 2.05) is 0 Å². The van der Waals surface area contributed by atoms with Gasteiger partial charge in [-0.1, -0.05) is 0 Å². The molecule has 0 amide bonds. The number of aromatic amines is 1. The van der Waals surface area contributed by atoms with Crippen LogP contribution in [0.1, 0.15) is 58.1 Å². The predicted molar refractivity (Wildman–Crippen MR) is 116 cm³/mol. The Morgan fingerprint density at radius 1 is 1.14 bits per heavy atom. The molecule has 1 aliphatic carbocycles. The normalized spacial score (nSPS) is 24.2. The first-order chi connectivity index (χ1) is 13.7. The van der Waals surface area contributed by atoms with Gasteiger partial charge >= 0.3 is 0 Å². The molecule has 0 atom stereocenters. The Morgan fingerprint density at radius 2 is 1.83 bits per heavy atom. The number of rotatable bonds is 4. The molecule has 0 aromatic carbocycles. The molecule has 0 bridgehead atoms. The Morgan fingerprint density at radius 3 is 2.48 bits per heavy atom. The van der Waals surface area contributed by atoms with Crippen LogP contribution in [0.2, 0.25) is 0 Å². The lowest BCUT2D eigenvalue weighted by Crippen LogP contribution is -2.45. The van der Waals surface area contributed by atoms with Crippen molar-refractivity contribution in [2.24, 2.45) is 0 Å². The van der Waals surface area contributed by atoms with Crippen LogP contribution in [0.4, 0.5) is 5.82 Å². The summed E-state index contributed by atoms with van der Waals surface area (Å²) in [5.41, 5.74) is 3.27. The van der Waals surface area contributed by atoms with Crippen molar-refractivity contribution in [3.63, 3.8) is 0 Å². The topological polar surface area (TPSA) is 87.3 Å². The van der Waals surface area contributed by atoms with Gasteiger partial charge in [0.1, 0.15) is 5.82 Å². The highest BCUT2D eigenvalue weighted by Crippen LogP contribution is 2.34. The van der Waals surface area contributed by atoms with Crippen molar-refractivity contribution < 1.29 is 13.2 Å². The summed E-state index contributed by atoms with van der Waals surface area (Å²) in [6.45, 7) is 8.48. The Labute approximate surface area is 173 Å². The molecule has 3 heterocycles. The van der Waals surface area contributed by atoms with E-state index in [1.54, 1.807) is 20.8 Å². The average Bonchev–Trinajstić information content (AvgIpc) is 3.11. The van der Waals surface area contributed by atoms with E-state index in [0.29, 0.717) is 5.92 Å². The van der Waals surface area contributed by atoms with Crippen LogP contribution >= 0.6 is 0 Å². The average molecular weight is 421 g/mol. The summed E-state index contributed by atoms with van der Waals surface area (Å²) in [6.07, 6.45) is 3.67. The van der Waals surface area contributed by atoms with Gasteiger partial charge in [-0.25, -0.2) is 18.1 Å². The van der Waals surface area contributed by atoms with Gasteiger partial charge in [-0.3, -0.25) is 0 Å². The zero-order chi connectivity index (χ0) is 20.6. The fourth-order valence-corrected chi connectivity index (χ4v) is 5.15. The minimum absolute atomic E-state index is 0.0332. The fourth-order valence-electron chi connectivity index (χ4n) is 4.13. The van der Waals surface area contributed by atoms with Crippen molar-refractivity contribution in [1.29, 1.82) is 0 Å². The van der Waals surface area contributed by atoms with Crippen molar-refractivity contribution in [1.82, 2.24) is 14.7 Å². The number of fused-ring (bicyclic) bond motifs is 1. The van der Waals surface area contributed by atoms with E-state index in [4.69, 9.17) is 9.72 Å². The molecule has 2 fully saturated rings. The summed E-state index contributed by atoms with van der Waals surface area (Å²) in [6, 6.07) is 6.39. The van der Waals surface area contributed by atoms with Crippen molar-refractivity contribution in [2.75, 3.05) is 31.2 Å². The number of morpholine rings is 1. The molecule has 0 spiro atoms. The Kier molecular flexibility index (Phi) is 5.61. The molecule has 8 heteroatoms. The smallest absolute Gasteiger partial charge is 0.216 e. The van der Waals surface area contributed by atoms with Crippen LogP contribution in [0.5, 0.6) is 0 Å². The van der Waals surface area contributed by atoms with E-state index in [0.717, 1.165) is 68.8 Å². The van der Waals surface area contributed by atoms with E-state index in [2.05, 4.69) is 32.8 Å². The lowest BCUT2D eigenvalue weighted by atomic mass is 9.84. The summed E-state index contributed by atoms with van der Waals surface area (Å²) in [7, 11) is -3.30. The highest BCUT2D eigenvalue weighted by Gasteiger charge is 2.33. The zero-order valence-electron chi connectivity index (χ0n) is 17.6. The summed E-state index contributed by atoms with van der Waals surface area (Å²) >= 11 is 0. The van der Waals surface area contributed by atoms with Crippen LogP contribution in [0.25, 0.3) is 11.0 Å². The SMILES string of the molecule is CC(C)(C)S(=O)(=O)NC1CCC(c2cc3nc(N4CCOCC4)ccc3[nH]2)CC1. The van der Waals surface area contributed by atoms with E-state index >= 15 is 0 Å². The van der Waals surface area contributed by atoms with Crippen molar-refractivity contribution >= 4 is 26.9 Å². The number of pyridine rings is 1. The molecular weight excluding hydrogens is 388 g/mol. The third-order valence-electron chi connectivity index (χ3n) is 6.11. The number of H-pyrrole nitrogens is 1. The summed E-state index contributed by atoms with van der Waals surface area (Å²) in [5, 5.41) is 0. The van der Waals surface area contributed by atoms with Gasteiger partial charge in [0.25, 0.3) is 0 Å². The third-order valence-corrected chi connectivity index (χ3v) is 8.37. The number of hydrogen-bond acceptors (Lipinski definition) is 5. The second-order valence-electron chi connectivity index (χ2n) is 9.21. The molecule has 160 valence electrons. The van der Waals surface area contributed by atoms with E-state index in [-0.39, 0.29) is 6.04 Å². The molecule has 4 rings (SSSR count). The molecule has 1 saturated heterocycles. The molecule has 1 aliphatic heterocycles. The van der Waals surface area contributed by atoms with Gasteiger partial charge < -0.3 is 14.6 Å². The predicted octanol–water partition coefficient (Wildman–Crippen LogP) is 3.14. The van der Waals surface area contributed by atoms with Gasteiger partial charge in [0.15, 0.2) is 0 Å². The largest absolute Gasteiger partial charge is 0.378 e. The summed E-state index contributed by atoms with van der Waals surface area (Å²) in [4.78, 5) is 10.7. The van der Waals surface area contributed by atoms with Crippen molar-refractivity contribution in [2.45, 2.75) is 63.2 Å². The molecule has 2 aromatic heterocycles. The lowest BCUT2D eigenvalue weighted by molar-refractivity contribution is 0.122. The van der Waals surface area contributed by atoms with Crippen molar-refractivity contribution in [3.8, 4) is 0 Å². The maximum Gasteiger partial charge on any atom is 0.216 e. The quantitative estimate of drug-likeness (QED) is 0.793. The maximum atomic E-state index is 12.4. The molecular formula is C21H32N4O3S. The van der Waals surface area contributed by atoms with E-state index in [1.165, 1.54) is 5.69 Å². The highest BCUT2D eigenvalue weighted by atomic mass is 32.2. The zero-order valence-corrected chi connectivity index (χ0v) is 18.4. The number of anilines is 1. The van der Waals surface area contributed by atoms with Crippen LogP contribution in [0, 0.1) is 0 Å². The second kappa shape index (κ2) is 7.89. The van der Waals surface area contributed by atoms with Gasteiger partial charge in [-0.05, 0) is 70.6 Å². The van der Waals surface area contributed by atoms with Gasteiger partial charge in [-0.2, -0.15) is 0 Å². The number of aromatic nitrogens is 2. The molecule has 29 heavy (non-hydrogen) atoms. The number of ether oxygens (including phenoxy) is 1. The van der Waals surface area contributed by atoms with Crippen molar-refractivity contribution in [3.05, 3.63) is 23.9 Å². The van der Waals surface area contributed by atoms with Crippen LogP contribution < -0.4 is 9.62 Å². The molecule has 2 aliphatic rings. The van der Waals surface area contributed by atoms with Crippen LogP contribution in [-0.2, 0) is 14.8 Å². The summed E-state index contributed by atoms with van der Waals surface area (Å²) in [5.74, 6) is 1.43. The number of nitrogens with one attached hydrogen (secondary N) is 2. The Balaban J connectivity index is 1.42. The first kappa shape index (κ1) is 20.6. The fraction of sp³-hybridized carbons (Fsp3) is 0.667. The Bertz CT molecular complexity index is 950. The first-order valence-corrected chi connectivity index (χ1v) is 12.1. The molecule has 0 radical (unpaired) electrons. The minimum Gasteiger partial charge on any atom is -0.378 e. The Hall–Kier alpha value is -1.64. The van der Waals surface area contributed by atoms with Gasteiger partial charge in [0.05, 0.1) is 29.0 Å². The second-order valence-corrected chi connectivity index (χ2v) is 11.7. The monoisotopic (exact) mass is 420 g/mol. The van der Waals surface area contributed by atoms with E-state index < -0.39 is 14.8 Å². The summed E-state index contributed by atoms with van der Waals surface area (Å²) < 4.78 is 32.4. The third kappa shape index (κ3) is 4.44. The number of sulfonamides is 1.